The summed E-state index contributed by atoms with van der Waals surface area (Å²) in [6.45, 7) is 3.49. The van der Waals surface area contributed by atoms with Crippen molar-refractivity contribution in [3.8, 4) is 16.9 Å². The van der Waals surface area contributed by atoms with Crippen molar-refractivity contribution in [3.05, 3.63) is 106 Å². The first-order chi connectivity index (χ1) is 19.1. The number of ether oxygens (including phenoxy) is 1. The quantitative estimate of drug-likeness (QED) is 0.186. The topological polar surface area (TPSA) is 123 Å². The van der Waals surface area contributed by atoms with Gasteiger partial charge in [0, 0.05) is 11.8 Å². The second-order valence-electron chi connectivity index (χ2n) is 9.83. The summed E-state index contributed by atoms with van der Waals surface area (Å²) in [6.07, 6.45) is 0. The van der Waals surface area contributed by atoms with Crippen LogP contribution in [-0.2, 0) is 10.2 Å². The van der Waals surface area contributed by atoms with Gasteiger partial charge >= 0.3 is 5.69 Å². The van der Waals surface area contributed by atoms with Gasteiger partial charge < -0.3 is 20.7 Å². The van der Waals surface area contributed by atoms with E-state index in [0.29, 0.717) is 39.4 Å². The number of carbonyl (C=O) groups is 2. The molecule has 0 atom stereocenters. The summed E-state index contributed by atoms with van der Waals surface area (Å²) in [6, 6.07) is 20.8. The molecule has 0 aliphatic carbocycles. The number of nitro benzene ring substituents is 1. The molecule has 2 amide bonds. The Hall–Kier alpha value is -5.25. The van der Waals surface area contributed by atoms with Crippen molar-refractivity contribution < 1.29 is 23.6 Å². The Kier molecular flexibility index (Phi) is 6.68. The van der Waals surface area contributed by atoms with Crippen molar-refractivity contribution in [2.75, 3.05) is 23.1 Å². The van der Waals surface area contributed by atoms with E-state index in [1.54, 1.807) is 68.4 Å². The summed E-state index contributed by atoms with van der Waals surface area (Å²) in [4.78, 5) is 37.0. The van der Waals surface area contributed by atoms with Gasteiger partial charge in [-0.15, -0.1) is 0 Å². The molecule has 0 radical (unpaired) electrons. The third-order valence-corrected chi connectivity index (χ3v) is 6.88. The number of nitrogens with one attached hydrogen (secondary N) is 3. The summed E-state index contributed by atoms with van der Waals surface area (Å²) >= 11 is 0. The molecule has 0 saturated heterocycles. The summed E-state index contributed by atoms with van der Waals surface area (Å²) in [5.74, 6) is -0.999. The number of carbonyl (C=O) groups excluding carboxylic acids is 2. The highest BCUT2D eigenvalue weighted by atomic mass is 19.1. The molecule has 0 aromatic heterocycles. The number of fused-ring (bicyclic) bond motifs is 2. The lowest BCUT2D eigenvalue weighted by Gasteiger charge is -2.25. The second-order valence-corrected chi connectivity index (χ2v) is 9.83. The smallest absolute Gasteiger partial charge is 0.310 e. The van der Waals surface area contributed by atoms with Crippen LogP contribution in [0.25, 0.3) is 11.1 Å². The molecule has 4 aromatic carbocycles. The van der Waals surface area contributed by atoms with Crippen molar-refractivity contribution in [1.82, 2.24) is 0 Å². The summed E-state index contributed by atoms with van der Waals surface area (Å²) in [5.41, 5.74) is 3.30. The van der Waals surface area contributed by atoms with Gasteiger partial charge in [-0.25, -0.2) is 4.39 Å². The second kappa shape index (κ2) is 10.1. The number of anilines is 4. The standard InChI is InChI=1S/C30H25FN4O5/c1-30(2,29(37)32-21-6-4-5-20(31)16-21)19-9-11-23-25(15-19)34-28(36)22-10-7-17(13-24(22)33-23)18-8-12-26(35(38)39)27(14-18)40-3/h4-16,33H,1-3H3,(H,32,37)(H,34,36). The van der Waals surface area contributed by atoms with Gasteiger partial charge in [0.1, 0.15) is 5.82 Å². The Labute approximate surface area is 229 Å². The monoisotopic (exact) mass is 540 g/mol. The number of methoxy groups -OCH3 is 1. The van der Waals surface area contributed by atoms with Crippen LogP contribution in [0.2, 0.25) is 0 Å². The Bertz CT molecular complexity index is 1680. The highest BCUT2D eigenvalue weighted by Crippen LogP contribution is 2.39. The molecule has 40 heavy (non-hydrogen) atoms. The normalized spacial score (nSPS) is 12.2. The molecule has 1 aliphatic rings. The molecule has 0 unspecified atom stereocenters. The zero-order valence-electron chi connectivity index (χ0n) is 21.9. The molecule has 3 N–H and O–H groups in total. The third kappa shape index (κ3) is 4.94. The molecule has 202 valence electrons. The largest absolute Gasteiger partial charge is 0.490 e. The van der Waals surface area contributed by atoms with Crippen LogP contribution >= 0.6 is 0 Å². The minimum Gasteiger partial charge on any atom is -0.490 e. The van der Waals surface area contributed by atoms with E-state index in [-0.39, 0.29) is 23.3 Å². The van der Waals surface area contributed by atoms with Crippen LogP contribution in [0, 0.1) is 15.9 Å². The molecule has 1 aliphatic heterocycles. The van der Waals surface area contributed by atoms with Gasteiger partial charge in [-0.1, -0.05) is 18.2 Å². The predicted octanol–water partition coefficient (Wildman–Crippen LogP) is 6.64. The maximum absolute atomic E-state index is 13.6. The highest BCUT2D eigenvalue weighted by Gasteiger charge is 2.31. The summed E-state index contributed by atoms with van der Waals surface area (Å²) in [5, 5.41) is 20.2. The maximum atomic E-state index is 13.6. The Morgan fingerprint density at radius 1 is 0.925 bits per heavy atom. The van der Waals surface area contributed by atoms with Crippen LogP contribution in [-0.4, -0.2) is 23.8 Å². The van der Waals surface area contributed by atoms with Crippen LogP contribution in [0.5, 0.6) is 5.75 Å². The first-order valence-corrected chi connectivity index (χ1v) is 12.3. The van der Waals surface area contributed by atoms with Gasteiger partial charge in [-0.05, 0) is 85.1 Å². The van der Waals surface area contributed by atoms with Crippen LogP contribution in [0.4, 0.5) is 32.8 Å². The van der Waals surface area contributed by atoms with Crippen molar-refractivity contribution >= 4 is 40.3 Å². The summed E-state index contributed by atoms with van der Waals surface area (Å²) in [7, 11) is 1.37. The van der Waals surface area contributed by atoms with Crippen LogP contribution in [0.1, 0.15) is 29.8 Å². The first-order valence-electron chi connectivity index (χ1n) is 12.3. The van der Waals surface area contributed by atoms with Crippen LogP contribution in [0.3, 0.4) is 0 Å². The van der Waals surface area contributed by atoms with E-state index in [0.717, 1.165) is 5.56 Å². The van der Waals surface area contributed by atoms with E-state index in [1.807, 2.05) is 0 Å². The number of hydrogen-bond acceptors (Lipinski definition) is 6. The molecule has 5 rings (SSSR count). The zero-order valence-corrected chi connectivity index (χ0v) is 21.9. The number of nitrogens with zero attached hydrogens (tertiary/aromatic N) is 1. The van der Waals surface area contributed by atoms with E-state index >= 15 is 0 Å². The molecule has 9 nitrogen and oxygen atoms in total. The van der Waals surface area contributed by atoms with E-state index < -0.39 is 16.2 Å². The van der Waals surface area contributed by atoms with Gasteiger partial charge in [0.2, 0.25) is 5.91 Å². The van der Waals surface area contributed by atoms with Gasteiger partial charge in [0.15, 0.2) is 5.75 Å². The SMILES string of the molecule is COc1cc(-c2ccc3c(c2)Nc2ccc(C(C)(C)C(=O)Nc4cccc(F)c4)cc2NC3=O)ccc1[N+](=O)[O-]. The van der Waals surface area contributed by atoms with E-state index in [9.17, 15) is 24.1 Å². The number of nitro groups is 1. The first kappa shape index (κ1) is 26.4. The third-order valence-electron chi connectivity index (χ3n) is 6.88. The molecule has 0 bridgehead atoms. The van der Waals surface area contributed by atoms with Gasteiger partial charge in [-0.3, -0.25) is 19.7 Å². The van der Waals surface area contributed by atoms with Gasteiger partial charge in [0.25, 0.3) is 5.91 Å². The van der Waals surface area contributed by atoms with Crippen LogP contribution < -0.4 is 20.7 Å². The van der Waals surface area contributed by atoms with E-state index in [1.165, 1.54) is 31.4 Å². The molecular weight excluding hydrogens is 515 g/mol. The fourth-order valence-electron chi connectivity index (χ4n) is 4.50. The number of halogens is 1. The number of amides is 2. The fourth-order valence-corrected chi connectivity index (χ4v) is 4.50. The molecule has 0 saturated carbocycles. The maximum Gasteiger partial charge on any atom is 0.310 e. The van der Waals surface area contributed by atoms with Crippen molar-refractivity contribution in [1.29, 1.82) is 0 Å². The Morgan fingerprint density at radius 2 is 1.68 bits per heavy atom. The van der Waals surface area contributed by atoms with Crippen molar-refractivity contribution in [2.45, 2.75) is 19.3 Å². The molecule has 0 spiro atoms. The van der Waals surface area contributed by atoms with E-state index in [2.05, 4.69) is 16.0 Å². The highest BCUT2D eigenvalue weighted by molar-refractivity contribution is 6.12. The molecular formula is C30H25FN4O5. The number of rotatable bonds is 6. The summed E-state index contributed by atoms with van der Waals surface area (Å²) < 4.78 is 18.8. The zero-order chi connectivity index (χ0) is 28.6. The average Bonchev–Trinajstić information content (AvgIpc) is 3.07. The van der Waals surface area contributed by atoms with Gasteiger partial charge in [-0.2, -0.15) is 0 Å². The molecule has 0 fully saturated rings. The lowest BCUT2D eigenvalue weighted by molar-refractivity contribution is -0.385. The van der Waals surface area contributed by atoms with Crippen molar-refractivity contribution in [3.63, 3.8) is 0 Å². The molecule has 4 aromatic rings. The average molecular weight is 541 g/mol. The van der Waals surface area contributed by atoms with E-state index in [4.69, 9.17) is 4.74 Å². The lowest BCUT2D eigenvalue weighted by Crippen LogP contribution is -2.34. The molecule has 1 heterocycles. The Balaban J connectivity index is 1.44. The lowest BCUT2D eigenvalue weighted by atomic mass is 9.83. The minimum absolute atomic E-state index is 0.130. The number of benzene rings is 4. The van der Waals surface area contributed by atoms with Crippen molar-refractivity contribution in [2.24, 2.45) is 0 Å². The van der Waals surface area contributed by atoms with Gasteiger partial charge in [0.05, 0.1) is 40.1 Å². The minimum atomic E-state index is -1.01. The predicted molar refractivity (Wildman–Crippen MR) is 151 cm³/mol. The Morgan fingerprint density at radius 3 is 2.40 bits per heavy atom. The number of hydrogen-bond donors (Lipinski definition) is 3. The van der Waals surface area contributed by atoms with Crippen LogP contribution in [0.15, 0.2) is 78.9 Å². The fraction of sp³-hybridized carbons (Fsp3) is 0.133. The molecule has 10 heteroatoms.